The number of nitrogens with zero attached hydrogens (tertiary/aromatic N) is 1. The van der Waals surface area contributed by atoms with Gasteiger partial charge in [0.1, 0.15) is 0 Å². The predicted octanol–water partition coefficient (Wildman–Crippen LogP) is 4.21. The highest BCUT2D eigenvalue weighted by Crippen LogP contribution is 2.36. The van der Waals surface area contributed by atoms with E-state index in [9.17, 15) is 5.11 Å². The molecule has 1 aromatic carbocycles. The van der Waals surface area contributed by atoms with Crippen molar-refractivity contribution < 1.29 is 9.84 Å². The quantitative estimate of drug-likeness (QED) is 0.862. The van der Waals surface area contributed by atoms with E-state index in [1.54, 1.807) is 24.4 Å². The summed E-state index contributed by atoms with van der Waals surface area (Å²) in [6, 6.07) is 5.02. The van der Waals surface area contributed by atoms with Crippen LogP contribution in [-0.2, 0) is 6.61 Å². The molecule has 0 radical (unpaired) electrons. The molecular formula is C13H10Cl3NO2. The first-order chi connectivity index (χ1) is 9.06. The highest BCUT2D eigenvalue weighted by Gasteiger charge is 2.11. The van der Waals surface area contributed by atoms with Gasteiger partial charge in [-0.25, -0.2) is 4.98 Å². The molecule has 0 bridgehead atoms. The van der Waals surface area contributed by atoms with Crippen LogP contribution in [0.4, 0.5) is 0 Å². The Labute approximate surface area is 125 Å². The molecule has 0 atom stereocenters. The zero-order chi connectivity index (χ0) is 14.0. The SMILES string of the molecule is COc1cc(CO)c(-c2cc(Cl)c(Cl)c(Cl)c2)cn1. The molecule has 1 heterocycles. The van der Waals surface area contributed by atoms with Gasteiger partial charge in [0, 0.05) is 17.8 Å². The molecule has 1 N–H and O–H groups in total. The number of methoxy groups -OCH3 is 1. The summed E-state index contributed by atoms with van der Waals surface area (Å²) in [5.41, 5.74) is 2.13. The number of aliphatic hydroxyl groups is 1. The van der Waals surface area contributed by atoms with Gasteiger partial charge in [0.15, 0.2) is 0 Å². The Morgan fingerprint density at radius 3 is 2.32 bits per heavy atom. The van der Waals surface area contributed by atoms with Crippen molar-refractivity contribution in [3.63, 3.8) is 0 Å². The average molecular weight is 319 g/mol. The summed E-state index contributed by atoms with van der Waals surface area (Å²) in [6.07, 6.45) is 1.60. The summed E-state index contributed by atoms with van der Waals surface area (Å²) >= 11 is 17.9. The minimum atomic E-state index is -0.147. The molecule has 1 aromatic heterocycles. The summed E-state index contributed by atoms with van der Waals surface area (Å²) in [4.78, 5) is 4.11. The standard InChI is InChI=1S/C13H10Cl3NO2/c1-19-12-4-8(6-18)9(5-17-12)7-2-10(14)13(16)11(15)3-7/h2-5,18H,6H2,1H3. The first kappa shape index (κ1) is 14.4. The van der Waals surface area contributed by atoms with E-state index in [0.717, 1.165) is 11.1 Å². The summed E-state index contributed by atoms with van der Waals surface area (Å²) in [6.45, 7) is -0.147. The largest absolute Gasteiger partial charge is 0.481 e. The second kappa shape index (κ2) is 5.97. The fourth-order valence-electron chi connectivity index (χ4n) is 1.69. The first-order valence-electron chi connectivity index (χ1n) is 5.35. The van der Waals surface area contributed by atoms with Crippen molar-refractivity contribution in [2.75, 3.05) is 7.11 Å². The van der Waals surface area contributed by atoms with Crippen molar-refractivity contribution in [2.24, 2.45) is 0 Å². The van der Waals surface area contributed by atoms with Crippen LogP contribution in [0.15, 0.2) is 24.4 Å². The molecule has 0 aliphatic heterocycles. The fraction of sp³-hybridized carbons (Fsp3) is 0.154. The Hall–Kier alpha value is -1.00. The van der Waals surface area contributed by atoms with Crippen LogP contribution in [0.2, 0.25) is 15.1 Å². The van der Waals surface area contributed by atoms with Gasteiger partial charge in [-0.3, -0.25) is 0 Å². The topological polar surface area (TPSA) is 42.4 Å². The summed E-state index contributed by atoms with van der Waals surface area (Å²) in [7, 11) is 1.51. The predicted molar refractivity (Wildman–Crippen MR) is 77.2 cm³/mol. The summed E-state index contributed by atoms with van der Waals surface area (Å²) in [5.74, 6) is 0.430. The van der Waals surface area contributed by atoms with Crippen molar-refractivity contribution in [3.8, 4) is 17.0 Å². The van der Waals surface area contributed by atoms with Gasteiger partial charge < -0.3 is 9.84 Å². The lowest BCUT2D eigenvalue weighted by Gasteiger charge is -2.10. The number of hydrogen-bond donors (Lipinski definition) is 1. The van der Waals surface area contributed by atoms with Crippen LogP contribution in [-0.4, -0.2) is 17.2 Å². The Bertz CT molecular complexity index is 594. The molecule has 100 valence electrons. The van der Waals surface area contributed by atoms with Crippen molar-refractivity contribution >= 4 is 34.8 Å². The molecule has 0 aliphatic rings. The van der Waals surface area contributed by atoms with E-state index in [2.05, 4.69) is 4.98 Å². The van der Waals surface area contributed by atoms with Crippen LogP contribution in [0.1, 0.15) is 5.56 Å². The Balaban J connectivity index is 2.58. The van der Waals surface area contributed by atoms with E-state index in [1.165, 1.54) is 7.11 Å². The van der Waals surface area contributed by atoms with Crippen LogP contribution in [0, 0.1) is 0 Å². The second-order valence-corrected chi connectivity index (χ2v) is 4.99. The number of ether oxygens (including phenoxy) is 1. The second-order valence-electron chi connectivity index (χ2n) is 3.80. The summed E-state index contributed by atoms with van der Waals surface area (Å²) in [5, 5.41) is 10.4. The normalized spacial score (nSPS) is 10.6. The van der Waals surface area contributed by atoms with Crippen LogP contribution in [0.25, 0.3) is 11.1 Å². The van der Waals surface area contributed by atoms with E-state index < -0.39 is 0 Å². The maximum atomic E-state index is 9.42. The van der Waals surface area contributed by atoms with Gasteiger partial charge in [-0.2, -0.15) is 0 Å². The lowest BCUT2D eigenvalue weighted by Crippen LogP contribution is -1.95. The number of pyridine rings is 1. The fourth-order valence-corrected chi connectivity index (χ4v) is 2.28. The van der Waals surface area contributed by atoms with Crippen molar-refractivity contribution in [1.82, 2.24) is 4.98 Å². The van der Waals surface area contributed by atoms with E-state index in [4.69, 9.17) is 39.5 Å². The molecule has 0 saturated heterocycles. The number of rotatable bonds is 3. The van der Waals surface area contributed by atoms with Crippen molar-refractivity contribution in [1.29, 1.82) is 0 Å². The van der Waals surface area contributed by atoms with E-state index in [0.29, 0.717) is 26.5 Å². The van der Waals surface area contributed by atoms with E-state index in [-0.39, 0.29) is 6.61 Å². The zero-order valence-corrected chi connectivity index (χ0v) is 12.2. The lowest BCUT2D eigenvalue weighted by molar-refractivity contribution is 0.281. The third kappa shape index (κ3) is 2.95. The molecule has 0 amide bonds. The van der Waals surface area contributed by atoms with Gasteiger partial charge in [0.25, 0.3) is 0 Å². The highest BCUT2D eigenvalue weighted by atomic mass is 35.5. The maximum Gasteiger partial charge on any atom is 0.213 e. The summed E-state index contributed by atoms with van der Waals surface area (Å²) < 4.78 is 5.02. The van der Waals surface area contributed by atoms with Crippen molar-refractivity contribution in [2.45, 2.75) is 6.61 Å². The van der Waals surface area contributed by atoms with Crippen LogP contribution in [0.3, 0.4) is 0 Å². The van der Waals surface area contributed by atoms with Crippen molar-refractivity contribution in [3.05, 3.63) is 45.0 Å². The number of halogens is 3. The molecule has 2 aromatic rings. The zero-order valence-electron chi connectivity index (χ0n) is 9.95. The van der Waals surface area contributed by atoms with Gasteiger partial charge in [-0.15, -0.1) is 0 Å². The van der Waals surface area contributed by atoms with E-state index >= 15 is 0 Å². The smallest absolute Gasteiger partial charge is 0.213 e. The lowest BCUT2D eigenvalue weighted by atomic mass is 10.0. The average Bonchev–Trinajstić information content (AvgIpc) is 2.43. The molecule has 0 unspecified atom stereocenters. The molecule has 6 heteroatoms. The minimum absolute atomic E-state index is 0.147. The molecule has 0 aliphatic carbocycles. The van der Waals surface area contributed by atoms with Gasteiger partial charge in [0.2, 0.25) is 5.88 Å². The number of hydrogen-bond acceptors (Lipinski definition) is 3. The molecule has 0 fully saturated rings. The van der Waals surface area contributed by atoms with Crippen LogP contribution in [0.5, 0.6) is 5.88 Å². The van der Waals surface area contributed by atoms with Gasteiger partial charge in [-0.1, -0.05) is 34.8 Å². The van der Waals surface area contributed by atoms with Crippen LogP contribution < -0.4 is 4.74 Å². The third-order valence-electron chi connectivity index (χ3n) is 2.64. The monoisotopic (exact) mass is 317 g/mol. The van der Waals surface area contributed by atoms with Gasteiger partial charge >= 0.3 is 0 Å². The minimum Gasteiger partial charge on any atom is -0.481 e. The Morgan fingerprint density at radius 2 is 1.79 bits per heavy atom. The molecular weight excluding hydrogens is 309 g/mol. The Kier molecular flexibility index (Phi) is 4.53. The number of benzene rings is 1. The Morgan fingerprint density at radius 1 is 1.16 bits per heavy atom. The molecule has 19 heavy (non-hydrogen) atoms. The molecule has 2 rings (SSSR count). The molecule has 3 nitrogen and oxygen atoms in total. The number of aromatic nitrogens is 1. The van der Waals surface area contributed by atoms with E-state index in [1.807, 2.05) is 0 Å². The van der Waals surface area contributed by atoms with Gasteiger partial charge in [0.05, 0.1) is 28.8 Å². The third-order valence-corrected chi connectivity index (χ3v) is 3.84. The first-order valence-corrected chi connectivity index (χ1v) is 6.49. The van der Waals surface area contributed by atoms with Gasteiger partial charge in [-0.05, 0) is 23.3 Å². The maximum absolute atomic E-state index is 9.42. The molecule has 0 saturated carbocycles. The number of aliphatic hydroxyl groups excluding tert-OH is 1. The highest BCUT2D eigenvalue weighted by molar-refractivity contribution is 6.48. The molecule has 0 spiro atoms. The van der Waals surface area contributed by atoms with Crippen LogP contribution >= 0.6 is 34.8 Å².